The highest BCUT2D eigenvalue weighted by molar-refractivity contribution is 9.10. The summed E-state index contributed by atoms with van der Waals surface area (Å²) in [6, 6.07) is 1.87. The van der Waals surface area contributed by atoms with Gasteiger partial charge in [0, 0.05) is 12.0 Å². The average molecular weight is 288 g/mol. The van der Waals surface area contributed by atoms with Crippen molar-refractivity contribution in [3.8, 4) is 0 Å². The van der Waals surface area contributed by atoms with Crippen molar-refractivity contribution in [2.75, 3.05) is 11.9 Å². The largest absolute Gasteiger partial charge is 0.394 e. The molecule has 1 heterocycles. The molecule has 1 rings (SSSR count). The first-order valence-electron chi connectivity index (χ1n) is 5.48. The van der Waals surface area contributed by atoms with Crippen LogP contribution in [0.15, 0.2) is 10.7 Å². The molecule has 1 unspecified atom stereocenters. The second kappa shape index (κ2) is 6.15. The van der Waals surface area contributed by atoms with E-state index in [9.17, 15) is 0 Å². The minimum absolute atomic E-state index is 0.0433. The Labute approximate surface area is 105 Å². The van der Waals surface area contributed by atoms with Gasteiger partial charge in [-0.05, 0) is 22.4 Å². The van der Waals surface area contributed by atoms with E-state index in [4.69, 9.17) is 5.11 Å². The van der Waals surface area contributed by atoms with Gasteiger partial charge in [-0.3, -0.25) is 0 Å². The lowest BCUT2D eigenvalue weighted by Crippen LogP contribution is -2.23. The van der Waals surface area contributed by atoms with Crippen molar-refractivity contribution in [3.63, 3.8) is 0 Å². The average Bonchev–Trinajstić information content (AvgIpc) is 2.25. The fraction of sp³-hybridized carbons (Fsp3) is 0.636. The number of nitrogens with one attached hydrogen (secondary N) is 1. The number of aliphatic hydroxyl groups excluding tert-OH is 1. The monoisotopic (exact) mass is 287 g/mol. The first kappa shape index (κ1) is 13.4. The molecule has 1 aromatic heterocycles. The summed E-state index contributed by atoms with van der Waals surface area (Å²) < 4.78 is 0.765. The van der Waals surface area contributed by atoms with Crippen molar-refractivity contribution in [2.45, 2.75) is 39.2 Å². The van der Waals surface area contributed by atoms with Crippen LogP contribution in [0.1, 0.15) is 38.9 Å². The molecule has 0 saturated heterocycles. The van der Waals surface area contributed by atoms with Gasteiger partial charge in [-0.1, -0.05) is 20.8 Å². The third-order valence-electron chi connectivity index (χ3n) is 2.29. The number of aliphatic hydroxyl groups is 1. The summed E-state index contributed by atoms with van der Waals surface area (Å²) in [6.07, 6.45) is 0.856. The first-order chi connectivity index (χ1) is 7.56. The van der Waals surface area contributed by atoms with Crippen LogP contribution in [0, 0.1) is 0 Å². The Bertz CT molecular complexity index is 340. The van der Waals surface area contributed by atoms with E-state index in [0.29, 0.717) is 0 Å². The number of halogens is 1. The van der Waals surface area contributed by atoms with Gasteiger partial charge in [0.25, 0.3) is 0 Å². The van der Waals surface area contributed by atoms with Crippen molar-refractivity contribution in [2.24, 2.45) is 0 Å². The van der Waals surface area contributed by atoms with Crippen LogP contribution in [0.5, 0.6) is 0 Å². The van der Waals surface area contributed by atoms with E-state index in [0.717, 1.165) is 22.7 Å². The highest BCUT2D eigenvalue weighted by Crippen LogP contribution is 2.18. The van der Waals surface area contributed by atoms with E-state index in [1.807, 2.05) is 13.0 Å². The van der Waals surface area contributed by atoms with Gasteiger partial charge >= 0.3 is 0 Å². The van der Waals surface area contributed by atoms with Gasteiger partial charge < -0.3 is 10.4 Å². The van der Waals surface area contributed by atoms with Gasteiger partial charge in [-0.15, -0.1) is 0 Å². The van der Waals surface area contributed by atoms with Crippen LogP contribution in [-0.4, -0.2) is 27.7 Å². The predicted octanol–water partition coefficient (Wildman–Crippen LogP) is 2.55. The summed E-state index contributed by atoms with van der Waals surface area (Å²) in [6.45, 7) is 6.23. The van der Waals surface area contributed by atoms with E-state index < -0.39 is 0 Å². The van der Waals surface area contributed by atoms with Crippen molar-refractivity contribution in [1.29, 1.82) is 0 Å². The summed E-state index contributed by atoms with van der Waals surface area (Å²) >= 11 is 3.36. The molecule has 0 aromatic carbocycles. The van der Waals surface area contributed by atoms with E-state index >= 15 is 0 Å². The van der Waals surface area contributed by atoms with Crippen LogP contribution in [0.2, 0.25) is 0 Å². The molecule has 5 heteroatoms. The molecule has 0 aliphatic heterocycles. The maximum absolute atomic E-state index is 9.12. The molecule has 0 aliphatic rings. The van der Waals surface area contributed by atoms with Crippen LogP contribution in [0.25, 0.3) is 0 Å². The topological polar surface area (TPSA) is 58.0 Å². The molecular formula is C11H18BrN3O. The molecule has 0 bridgehead atoms. The summed E-state index contributed by atoms with van der Waals surface area (Å²) in [7, 11) is 0. The molecule has 0 radical (unpaired) electrons. The molecule has 0 fully saturated rings. The van der Waals surface area contributed by atoms with Crippen LogP contribution >= 0.6 is 15.9 Å². The maximum atomic E-state index is 9.12. The van der Waals surface area contributed by atoms with Gasteiger partial charge in [-0.2, -0.15) is 0 Å². The smallest absolute Gasteiger partial charge is 0.134 e. The number of hydrogen-bond donors (Lipinski definition) is 2. The lowest BCUT2D eigenvalue weighted by molar-refractivity contribution is 0.271. The van der Waals surface area contributed by atoms with Gasteiger partial charge in [0.15, 0.2) is 0 Å². The SMILES string of the molecule is CCC(CO)Nc1cc(Br)nc(C(C)C)n1. The zero-order valence-corrected chi connectivity index (χ0v) is 11.5. The lowest BCUT2D eigenvalue weighted by Gasteiger charge is -2.16. The first-order valence-corrected chi connectivity index (χ1v) is 6.28. The number of nitrogens with zero attached hydrogens (tertiary/aromatic N) is 2. The summed E-state index contributed by atoms with van der Waals surface area (Å²) in [5.74, 6) is 1.84. The van der Waals surface area contributed by atoms with Crippen LogP contribution in [0.3, 0.4) is 0 Å². The van der Waals surface area contributed by atoms with Crippen molar-refractivity contribution >= 4 is 21.7 Å². The highest BCUT2D eigenvalue weighted by atomic mass is 79.9. The Kier molecular flexibility index (Phi) is 5.15. The maximum Gasteiger partial charge on any atom is 0.134 e. The third kappa shape index (κ3) is 3.72. The van der Waals surface area contributed by atoms with Crippen LogP contribution < -0.4 is 5.32 Å². The van der Waals surface area contributed by atoms with Crippen molar-refractivity contribution in [1.82, 2.24) is 9.97 Å². The highest BCUT2D eigenvalue weighted by Gasteiger charge is 2.09. The molecule has 90 valence electrons. The standard InChI is InChI=1S/C11H18BrN3O/c1-4-8(6-16)13-10-5-9(12)14-11(15-10)7(2)3/h5,7-8,16H,4,6H2,1-3H3,(H,13,14,15). The Morgan fingerprint density at radius 3 is 2.62 bits per heavy atom. The normalized spacial score (nSPS) is 12.9. The molecule has 2 N–H and O–H groups in total. The summed E-state index contributed by atoms with van der Waals surface area (Å²) in [4.78, 5) is 8.70. The molecule has 0 spiro atoms. The Balaban J connectivity index is 2.87. The minimum Gasteiger partial charge on any atom is -0.394 e. The fourth-order valence-corrected chi connectivity index (χ4v) is 1.65. The Hall–Kier alpha value is -0.680. The third-order valence-corrected chi connectivity index (χ3v) is 2.70. The van der Waals surface area contributed by atoms with E-state index in [-0.39, 0.29) is 18.6 Å². The van der Waals surface area contributed by atoms with Gasteiger partial charge in [-0.25, -0.2) is 9.97 Å². The molecular weight excluding hydrogens is 270 g/mol. The van der Waals surface area contributed by atoms with Crippen molar-refractivity contribution < 1.29 is 5.11 Å². The Morgan fingerprint density at radius 2 is 2.12 bits per heavy atom. The predicted molar refractivity (Wildman–Crippen MR) is 68.6 cm³/mol. The zero-order valence-electron chi connectivity index (χ0n) is 9.87. The van der Waals surface area contributed by atoms with E-state index in [1.54, 1.807) is 0 Å². The molecule has 16 heavy (non-hydrogen) atoms. The molecule has 0 aliphatic carbocycles. The summed E-state index contributed by atoms with van der Waals surface area (Å²) in [5.41, 5.74) is 0. The van der Waals surface area contributed by atoms with Crippen LogP contribution in [-0.2, 0) is 0 Å². The van der Waals surface area contributed by atoms with Crippen LogP contribution in [0.4, 0.5) is 5.82 Å². The van der Waals surface area contributed by atoms with E-state index in [2.05, 4.69) is 45.1 Å². The van der Waals surface area contributed by atoms with E-state index in [1.165, 1.54) is 0 Å². The quantitative estimate of drug-likeness (QED) is 0.817. The molecule has 1 atom stereocenters. The number of aromatic nitrogens is 2. The number of rotatable bonds is 5. The molecule has 0 saturated carbocycles. The molecule has 1 aromatic rings. The van der Waals surface area contributed by atoms with Gasteiger partial charge in [0.2, 0.25) is 0 Å². The second-order valence-corrected chi connectivity index (χ2v) is 4.83. The molecule has 0 amide bonds. The number of hydrogen-bond acceptors (Lipinski definition) is 4. The lowest BCUT2D eigenvalue weighted by atomic mass is 10.2. The van der Waals surface area contributed by atoms with Crippen molar-refractivity contribution in [3.05, 3.63) is 16.5 Å². The van der Waals surface area contributed by atoms with Gasteiger partial charge in [0.1, 0.15) is 16.2 Å². The fourth-order valence-electron chi connectivity index (χ4n) is 1.25. The minimum atomic E-state index is 0.0433. The number of anilines is 1. The summed E-state index contributed by atoms with van der Waals surface area (Å²) in [5, 5.41) is 12.3. The molecule has 4 nitrogen and oxygen atoms in total. The zero-order chi connectivity index (χ0) is 12.1. The second-order valence-electron chi connectivity index (χ2n) is 4.02. The Morgan fingerprint density at radius 1 is 1.44 bits per heavy atom. The van der Waals surface area contributed by atoms with Gasteiger partial charge in [0.05, 0.1) is 12.6 Å².